The molecule has 5 heteroatoms. The second-order valence-corrected chi connectivity index (χ2v) is 8.27. The van der Waals surface area contributed by atoms with Crippen molar-refractivity contribution in [2.45, 2.75) is 37.0 Å². The lowest BCUT2D eigenvalue weighted by Gasteiger charge is -2.30. The number of hydrogen-bond acceptors (Lipinski definition) is 3. The van der Waals surface area contributed by atoms with E-state index in [1.807, 2.05) is 12.1 Å². The number of rotatable bonds is 2. The highest BCUT2D eigenvalue weighted by atomic mass is 32.2. The molecule has 0 unspecified atom stereocenters. The summed E-state index contributed by atoms with van der Waals surface area (Å²) in [5.74, 6) is 0.00231. The van der Waals surface area contributed by atoms with Crippen LogP contribution in [0.2, 0.25) is 0 Å². The molecule has 2 aromatic rings. The predicted octanol–water partition coefficient (Wildman–Crippen LogP) is 3.35. The maximum Gasteiger partial charge on any atom is 0.264 e. The minimum Gasteiger partial charge on any atom is -0.294 e. The first kappa shape index (κ1) is 15.4. The van der Waals surface area contributed by atoms with Gasteiger partial charge in [0.1, 0.15) is 0 Å². The van der Waals surface area contributed by atoms with E-state index < -0.39 is 10.0 Å². The lowest BCUT2D eigenvalue weighted by molar-refractivity contribution is 0.0982. The average Bonchev–Trinajstić information content (AvgIpc) is 2.61. The molecule has 1 aliphatic heterocycles. The van der Waals surface area contributed by atoms with E-state index in [1.54, 1.807) is 30.3 Å². The summed E-state index contributed by atoms with van der Waals surface area (Å²) in [6.07, 6.45) is 4.46. The smallest absolute Gasteiger partial charge is 0.264 e. The van der Waals surface area contributed by atoms with Crippen LogP contribution in [0.15, 0.2) is 47.4 Å². The Kier molecular flexibility index (Phi) is 3.68. The summed E-state index contributed by atoms with van der Waals surface area (Å²) in [5, 5.41) is 0. The Morgan fingerprint density at radius 1 is 0.875 bits per heavy atom. The number of sulfonamides is 1. The molecule has 0 fully saturated rings. The molecule has 0 radical (unpaired) electrons. The standard InChI is InChI=1S/C19H19NO3S/c21-19-11-12-20(18-8-4-3-7-17(18)19)24(22,23)16-10-9-14-5-1-2-6-15(14)13-16/h3-4,7-10,13H,1-2,5-6,11-12H2. The van der Waals surface area contributed by atoms with Crippen molar-refractivity contribution in [1.82, 2.24) is 0 Å². The summed E-state index contributed by atoms with van der Waals surface area (Å²) in [5.41, 5.74) is 3.38. The number of nitrogens with zero attached hydrogens (tertiary/aromatic N) is 1. The number of hydrogen-bond donors (Lipinski definition) is 0. The van der Waals surface area contributed by atoms with Gasteiger partial charge in [0.05, 0.1) is 10.6 Å². The zero-order valence-corrected chi connectivity index (χ0v) is 14.2. The van der Waals surface area contributed by atoms with Crippen LogP contribution < -0.4 is 4.31 Å². The highest BCUT2D eigenvalue weighted by Gasteiger charge is 2.32. The SMILES string of the molecule is O=C1CCN(S(=O)(=O)c2ccc3c(c2)CCCC3)c2ccccc21. The van der Waals surface area contributed by atoms with Crippen LogP contribution in [0.3, 0.4) is 0 Å². The van der Waals surface area contributed by atoms with E-state index in [-0.39, 0.29) is 18.7 Å². The van der Waals surface area contributed by atoms with Crippen LogP contribution in [-0.4, -0.2) is 20.7 Å². The van der Waals surface area contributed by atoms with Crippen molar-refractivity contribution in [3.8, 4) is 0 Å². The number of ketones is 1. The zero-order chi connectivity index (χ0) is 16.7. The Bertz CT molecular complexity index is 918. The van der Waals surface area contributed by atoms with E-state index in [1.165, 1.54) is 16.3 Å². The fourth-order valence-corrected chi connectivity index (χ4v) is 5.17. The zero-order valence-electron chi connectivity index (χ0n) is 13.4. The van der Waals surface area contributed by atoms with E-state index in [0.717, 1.165) is 24.8 Å². The van der Waals surface area contributed by atoms with Gasteiger partial charge in [0.15, 0.2) is 5.78 Å². The van der Waals surface area contributed by atoms with Crippen LogP contribution in [0.25, 0.3) is 0 Å². The molecule has 0 amide bonds. The summed E-state index contributed by atoms with van der Waals surface area (Å²) >= 11 is 0. The van der Waals surface area contributed by atoms with E-state index in [4.69, 9.17) is 0 Å². The molecule has 24 heavy (non-hydrogen) atoms. The lowest BCUT2D eigenvalue weighted by Crippen LogP contribution is -2.37. The first-order chi connectivity index (χ1) is 11.6. The summed E-state index contributed by atoms with van der Waals surface area (Å²) in [6, 6.07) is 12.4. The van der Waals surface area contributed by atoms with Crippen molar-refractivity contribution in [3.63, 3.8) is 0 Å². The molecule has 0 bridgehead atoms. The van der Waals surface area contributed by atoms with Crippen LogP contribution in [0, 0.1) is 0 Å². The normalized spacial score (nSPS) is 17.3. The number of benzene rings is 2. The number of anilines is 1. The minimum absolute atomic E-state index is 0.00231. The van der Waals surface area contributed by atoms with E-state index >= 15 is 0 Å². The van der Waals surface area contributed by atoms with Crippen molar-refractivity contribution in [2.24, 2.45) is 0 Å². The molecular weight excluding hydrogens is 322 g/mol. The number of carbonyl (C=O) groups is 1. The minimum atomic E-state index is -3.65. The van der Waals surface area contributed by atoms with Gasteiger partial charge in [-0.15, -0.1) is 0 Å². The molecule has 0 saturated carbocycles. The largest absolute Gasteiger partial charge is 0.294 e. The first-order valence-corrected chi connectivity index (χ1v) is 9.78. The van der Waals surface area contributed by atoms with Gasteiger partial charge in [-0.1, -0.05) is 18.2 Å². The molecule has 0 saturated heterocycles. The van der Waals surface area contributed by atoms with Crippen molar-refractivity contribution >= 4 is 21.5 Å². The van der Waals surface area contributed by atoms with Gasteiger partial charge in [-0.25, -0.2) is 8.42 Å². The molecule has 1 heterocycles. The van der Waals surface area contributed by atoms with E-state index in [0.29, 0.717) is 16.1 Å². The molecule has 0 spiro atoms. The molecule has 0 N–H and O–H groups in total. The quantitative estimate of drug-likeness (QED) is 0.842. The third kappa shape index (κ3) is 2.44. The fourth-order valence-electron chi connectivity index (χ4n) is 3.63. The van der Waals surface area contributed by atoms with Crippen molar-refractivity contribution in [1.29, 1.82) is 0 Å². The molecule has 4 rings (SSSR count). The molecular formula is C19H19NO3S. The monoisotopic (exact) mass is 341 g/mol. The Morgan fingerprint density at radius 3 is 2.46 bits per heavy atom. The van der Waals surface area contributed by atoms with Crippen LogP contribution in [-0.2, 0) is 22.9 Å². The molecule has 0 atom stereocenters. The highest BCUT2D eigenvalue weighted by Crippen LogP contribution is 2.33. The van der Waals surface area contributed by atoms with Gasteiger partial charge in [0.2, 0.25) is 0 Å². The molecule has 1 aliphatic carbocycles. The maximum atomic E-state index is 13.2. The molecule has 4 nitrogen and oxygen atoms in total. The summed E-state index contributed by atoms with van der Waals surface area (Å²) in [4.78, 5) is 12.4. The van der Waals surface area contributed by atoms with Gasteiger partial charge in [0.25, 0.3) is 10.0 Å². The van der Waals surface area contributed by atoms with Crippen LogP contribution in [0.1, 0.15) is 40.7 Å². The Balaban J connectivity index is 1.79. The van der Waals surface area contributed by atoms with E-state index in [2.05, 4.69) is 0 Å². The number of aryl methyl sites for hydroxylation is 2. The number of fused-ring (bicyclic) bond motifs is 2. The lowest BCUT2D eigenvalue weighted by atomic mass is 9.92. The summed E-state index contributed by atoms with van der Waals surface area (Å²) in [7, 11) is -3.65. The van der Waals surface area contributed by atoms with Crippen LogP contribution in [0.4, 0.5) is 5.69 Å². The Hall–Kier alpha value is -2.14. The van der Waals surface area contributed by atoms with Gasteiger partial charge < -0.3 is 0 Å². The van der Waals surface area contributed by atoms with Crippen molar-refractivity contribution in [2.75, 3.05) is 10.8 Å². The van der Waals surface area contributed by atoms with Crippen LogP contribution in [0.5, 0.6) is 0 Å². The number of para-hydroxylation sites is 1. The van der Waals surface area contributed by atoms with Crippen molar-refractivity contribution < 1.29 is 13.2 Å². The third-order valence-electron chi connectivity index (χ3n) is 4.92. The fraction of sp³-hybridized carbons (Fsp3) is 0.316. The van der Waals surface area contributed by atoms with Gasteiger partial charge >= 0.3 is 0 Å². The van der Waals surface area contributed by atoms with Crippen LogP contribution >= 0.6 is 0 Å². The van der Waals surface area contributed by atoms with Gasteiger partial charge in [0, 0.05) is 18.5 Å². The second kappa shape index (κ2) is 5.74. The maximum absolute atomic E-state index is 13.2. The highest BCUT2D eigenvalue weighted by molar-refractivity contribution is 7.92. The van der Waals surface area contributed by atoms with Gasteiger partial charge in [-0.3, -0.25) is 9.10 Å². The Morgan fingerprint density at radius 2 is 1.62 bits per heavy atom. The van der Waals surface area contributed by atoms with Gasteiger partial charge in [-0.2, -0.15) is 0 Å². The van der Waals surface area contributed by atoms with E-state index in [9.17, 15) is 13.2 Å². The second-order valence-electron chi connectivity index (χ2n) is 6.41. The topological polar surface area (TPSA) is 54.5 Å². The molecule has 124 valence electrons. The molecule has 2 aliphatic rings. The molecule has 0 aromatic heterocycles. The third-order valence-corrected chi connectivity index (χ3v) is 6.73. The Labute approximate surface area is 142 Å². The summed E-state index contributed by atoms with van der Waals surface area (Å²) in [6.45, 7) is 0.204. The molecule has 2 aromatic carbocycles. The summed E-state index contributed by atoms with van der Waals surface area (Å²) < 4.78 is 27.7. The average molecular weight is 341 g/mol. The predicted molar refractivity (Wildman–Crippen MR) is 93.0 cm³/mol. The van der Waals surface area contributed by atoms with Gasteiger partial charge in [-0.05, 0) is 61.1 Å². The number of carbonyl (C=O) groups excluding carboxylic acids is 1. The number of Topliss-reactive ketones (excluding diaryl/α,β-unsaturated/α-hetero) is 1. The van der Waals surface area contributed by atoms with Crippen molar-refractivity contribution in [3.05, 3.63) is 59.2 Å². The first-order valence-electron chi connectivity index (χ1n) is 8.34.